The van der Waals surface area contributed by atoms with Crippen LogP contribution in [-0.4, -0.2) is 22.4 Å². The van der Waals surface area contributed by atoms with E-state index in [1.807, 2.05) is 20.0 Å². The predicted molar refractivity (Wildman–Crippen MR) is 45.2 cm³/mol. The van der Waals surface area contributed by atoms with Gasteiger partial charge in [-0.15, -0.1) is 0 Å². The third-order valence-corrected chi connectivity index (χ3v) is 2.14. The van der Waals surface area contributed by atoms with Gasteiger partial charge in [0.05, 0.1) is 6.54 Å². The Kier molecular flexibility index (Phi) is 1.72. The topological polar surface area (TPSA) is 56.1 Å². The van der Waals surface area contributed by atoms with Crippen molar-refractivity contribution in [3.05, 3.63) is 17.5 Å². The number of nitrogens with one attached hydrogen (secondary N) is 1. The third-order valence-electron chi connectivity index (χ3n) is 2.14. The maximum absolute atomic E-state index is 10.8. The van der Waals surface area contributed by atoms with E-state index in [-0.39, 0.29) is 12.2 Å². The fourth-order valence-corrected chi connectivity index (χ4v) is 1.30. The Bertz CT molecular complexity index is 326. The van der Waals surface area contributed by atoms with Gasteiger partial charge in [0, 0.05) is 12.7 Å². The summed E-state index contributed by atoms with van der Waals surface area (Å²) in [5.74, 6) is 0. The molecule has 1 aromatic rings. The molecular weight excluding hydrogens is 170 g/mol. The Balaban J connectivity index is 2.21. The van der Waals surface area contributed by atoms with Crippen molar-refractivity contribution in [3.8, 4) is 0 Å². The van der Waals surface area contributed by atoms with E-state index in [9.17, 15) is 4.79 Å². The molecular formula is C8H11N3O2. The molecule has 1 atom stereocenters. The maximum Gasteiger partial charge on any atom is 0.408 e. The Morgan fingerprint density at radius 1 is 1.77 bits per heavy atom. The third kappa shape index (κ3) is 1.37. The summed E-state index contributed by atoms with van der Waals surface area (Å²) in [6.45, 7) is 2.47. The van der Waals surface area contributed by atoms with Gasteiger partial charge in [-0.25, -0.2) is 4.79 Å². The molecule has 5 nitrogen and oxygen atoms in total. The number of hydrogen-bond acceptors (Lipinski definition) is 3. The molecule has 2 heterocycles. The smallest absolute Gasteiger partial charge is 0.408 e. The largest absolute Gasteiger partial charge is 0.438 e. The van der Waals surface area contributed by atoms with Crippen molar-refractivity contribution in [1.82, 2.24) is 15.1 Å². The van der Waals surface area contributed by atoms with Gasteiger partial charge in [-0.2, -0.15) is 5.10 Å². The van der Waals surface area contributed by atoms with E-state index in [0.29, 0.717) is 6.54 Å². The fraction of sp³-hybridized carbons (Fsp3) is 0.500. The average molecular weight is 181 g/mol. The molecule has 13 heavy (non-hydrogen) atoms. The molecule has 1 aromatic heterocycles. The Morgan fingerprint density at radius 3 is 3.00 bits per heavy atom. The lowest BCUT2D eigenvalue weighted by Crippen LogP contribution is -2.12. The van der Waals surface area contributed by atoms with Gasteiger partial charge in [-0.3, -0.25) is 4.68 Å². The van der Waals surface area contributed by atoms with Crippen molar-refractivity contribution in [2.45, 2.75) is 13.0 Å². The second kappa shape index (κ2) is 2.76. The molecule has 0 aromatic carbocycles. The number of rotatable bonds is 1. The highest BCUT2D eigenvalue weighted by molar-refractivity contribution is 5.69. The average Bonchev–Trinajstić information content (AvgIpc) is 2.61. The summed E-state index contributed by atoms with van der Waals surface area (Å²) in [6.07, 6.45) is -0.597. The van der Waals surface area contributed by atoms with Crippen LogP contribution in [0.15, 0.2) is 6.07 Å². The highest BCUT2D eigenvalue weighted by Crippen LogP contribution is 2.19. The zero-order valence-electron chi connectivity index (χ0n) is 7.57. The van der Waals surface area contributed by atoms with E-state index < -0.39 is 0 Å². The standard InChI is InChI=1S/C8H11N3O2/c1-5-3-6(10-11(5)2)7-4-9-8(12)13-7/h3,7H,4H2,1-2H3,(H,9,12). The summed E-state index contributed by atoms with van der Waals surface area (Å²) in [4.78, 5) is 10.8. The van der Waals surface area contributed by atoms with E-state index in [2.05, 4.69) is 10.4 Å². The van der Waals surface area contributed by atoms with Crippen LogP contribution in [0.25, 0.3) is 0 Å². The highest BCUT2D eigenvalue weighted by atomic mass is 16.6. The molecule has 1 fully saturated rings. The summed E-state index contributed by atoms with van der Waals surface area (Å²) >= 11 is 0. The maximum atomic E-state index is 10.8. The lowest BCUT2D eigenvalue weighted by molar-refractivity contribution is 0.139. The van der Waals surface area contributed by atoms with Crippen LogP contribution in [0.4, 0.5) is 4.79 Å². The molecule has 5 heteroatoms. The summed E-state index contributed by atoms with van der Waals surface area (Å²) in [6, 6.07) is 1.92. The first-order chi connectivity index (χ1) is 6.16. The molecule has 0 radical (unpaired) electrons. The van der Waals surface area contributed by atoms with Crippen LogP contribution in [0.2, 0.25) is 0 Å². The predicted octanol–water partition coefficient (Wildman–Crippen LogP) is 0.509. The molecule has 1 aliphatic rings. The van der Waals surface area contributed by atoms with Crippen molar-refractivity contribution in [2.75, 3.05) is 6.54 Å². The molecule has 1 saturated heterocycles. The first-order valence-corrected chi connectivity index (χ1v) is 4.12. The van der Waals surface area contributed by atoms with Gasteiger partial charge < -0.3 is 10.1 Å². The number of carbonyl (C=O) groups is 1. The van der Waals surface area contributed by atoms with E-state index in [4.69, 9.17) is 4.74 Å². The molecule has 1 aliphatic heterocycles. The molecule has 0 saturated carbocycles. The molecule has 0 aliphatic carbocycles. The fourth-order valence-electron chi connectivity index (χ4n) is 1.30. The quantitative estimate of drug-likeness (QED) is 0.686. The summed E-state index contributed by atoms with van der Waals surface area (Å²) in [7, 11) is 1.86. The van der Waals surface area contributed by atoms with Gasteiger partial charge in [0.25, 0.3) is 0 Å². The Morgan fingerprint density at radius 2 is 2.54 bits per heavy atom. The number of carbonyl (C=O) groups excluding carboxylic acids is 1. The number of amides is 1. The van der Waals surface area contributed by atoms with Gasteiger partial charge in [0.2, 0.25) is 0 Å². The number of nitrogens with zero attached hydrogens (tertiary/aromatic N) is 2. The Labute approximate surface area is 75.7 Å². The van der Waals surface area contributed by atoms with E-state index in [1.165, 1.54) is 0 Å². The molecule has 70 valence electrons. The van der Waals surface area contributed by atoms with Crippen molar-refractivity contribution in [1.29, 1.82) is 0 Å². The monoisotopic (exact) mass is 181 g/mol. The molecule has 0 spiro atoms. The molecule has 1 amide bonds. The number of ether oxygens (including phenoxy) is 1. The van der Waals surface area contributed by atoms with Crippen molar-refractivity contribution in [3.63, 3.8) is 0 Å². The number of cyclic esters (lactones) is 1. The second-order valence-corrected chi connectivity index (χ2v) is 3.11. The first-order valence-electron chi connectivity index (χ1n) is 4.12. The summed E-state index contributed by atoms with van der Waals surface area (Å²) in [5.41, 5.74) is 1.86. The summed E-state index contributed by atoms with van der Waals surface area (Å²) in [5, 5.41) is 6.81. The number of aryl methyl sites for hydroxylation is 2. The van der Waals surface area contributed by atoms with Crippen LogP contribution in [0.1, 0.15) is 17.5 Å². The van der Waals surface area contributed by atoms with Gasteiger partial charge in [-0.1, -0.05) is 0 Å². The second-order valence-electron chi connectivity index (χ2n) is 3.11. The normalized spacial score (nSPS) is 21.4. The minimum Gasteiger partial charge on any atom is -0.438 e. The van der Waals surface area contributed by atoms with Gasteiger partial charge in [-0.05, 0) is 13.0 Å². The lowest BCUT2D eigenvalue weighted by Gasteiger charge is -2.01. The number of aromatic nitrogens is 2. The first kappa shape index (κ1) is 8.10. The van der Waals surface area contributed by atoms with Gasteiger partial charge in [0.15, 0.2) is 6.10 Å². The van der Waals surface area contributed by atoms with E-state index in [1.54, 1.807) is 4.68 Å². The van der Waals surface area contributed by atoms with Crippen LogP contribution in [-0.2, 0) is 11.8 Å². The van der Waals surface area contributed by atoms with E-state index in [0.717, 1.165) is 11.4 Å². The van der Waals surface area contributed by atoms with Crippen LogP contribution in [0.3, 0.4) is 0 Å². The molecule has 2 rings (SSSR count). The number of alkyl carbamates (subject to hydrolysis) is 1. The van der Waals surface area contributed by atoms with Crippen molar-refractivity contribution >= 4 is 6.09 Å². The minimum atomic E-state index is -0.367. The van der Waals surface area contributed by atoms with Crippen LogP contribution >= 0.6 is 0 Å². The van der Waals surface area contributed by atoms with Gasteiger partial charge in [0.1, 0.15) is 5.69 Å². The SMILES string of the molecule is Cc1cc(C2CNC(=O)O2)nn1C. The van der Waals surface area contributed by atoms with E-state index >= 15 is 0 Å². The summed E-state index contributed by atoms with van der Waals surface area (Å²) < 4.78 is 6.76. The molecule has 0 bridgehead atoms. The zero-order chi connectivity index (χ0) is 9.42. The highest BCUT2D eigenvalue weighted by Gasteiger charge is 2.26. The van der Waals surface area contributed by atoms with Gasteiger partial charge >= 0.3 is 6.09 Å². The van der Waals surface area contributed by atoms with Crippen LogP contribution in [0, 0.1) is 6.92 Å². The Hall–Kier alpha value is -1.52. The van der Waals surface area contributed by atoms with Crippen LogP contribution < -0.4 is 5.32 Å². The minimum absolute atomic E-state index is 0.229. The molecule has 1 unspecified atom stereocenters. The zero-order valence-corrected chi connectivity index (χ0v) is 7.57. The lowest BCUT2D eigenvalue weighted by atomic mass is 10.2. The van der Waals surface area contributed by atoms with Crippen molar-refractivity contribution in [2.24, 2.45) is 7.05 Å². The molecule has 1 N–H and O–H groups in total. The van der Waals surface area contributed by atoms with Crippen molar-refractivity contribution < 1.29 is 9.53 Å². The van der Waals surface area contributed by atoms with Crippen LogP contribution in [0.5, 0.6) is 0 Å². The number of hydrogen-bond donors (Lipinski definition) is 1.